The molecule has 218 valence electrons. The minimum absolute atomic E-state index is 0.653. The third kappa shape index (κ3) is 7.15. The number of aromatic amines is 3. The smallest absolute Gasteiger partial charge is 0.183 e. The fourth-order valence-corrected chi connectivity index (χ4v) is 7.92. The molecule has 0 aliphatic rings. The highest BCUT2D eigenvalue weighted by Crippen LogP contribution is 2.49. The highest BCUT2D eigenvalue weighted by Gasteiger charge is 2.43. The van der Waals surface area contributed by atoms with Crippen LogP contribution in [0.4, 0.5) is 0 Å². The summed E-state index contributed by atoms with van der Waals surface area (Å²) < 4.78 is 16.5. The minimum Gasteiger partial charge on any atom is -0.308 e. The summed E-state index contributed by atoms with van der Waals surface area (Å²) in [6, 6.07) is 0. The van der Waals surface area contributed by atoms with Gasteiger partial charge in [0, 0.05) is 0 Å². The second kappa shape index (κ2) is 15.9. The molecule has 0 bridgehead atoms. The lowest BCUT2D eigenvalue weighted by Crippen LogP contribution is -2.31. The van der Waals surface area contributed by atoms with Crippen molar-refractivity contribution < 1.29 is 4.57 Å². The first kappa shape index (κ1) is 31.8. The van der Waals surface area contributed by atoms with Crippen molar-refractivity contribution in [3.8, 4) is 0 Å². The van der Waals surface area contributed by atoms with Crippen LogP contribution in [0.3, 0.4) is 0 Å². The van der Waals surface area contributed by atoms with Crippen molar-refractivity contribution in [2.75, 3.05) is 0 Å². The van der Waals surface area contributed by atoms with Crippen molar-refractivity contribution >= 4 is 59.5 Å². The molecule has 0 atom stereocenters. The number of nitrogens with zero attached hydrogens (tertiary/aromatic N) is 3. The van der Waals surface area contributed by atoms with Gasteiger partial charge in [-0.05, 0) is 75.0 Å². The topological polar surface area (TPSA) is 103 Å². The maximum Gasteiger partial charge on any atom is 0.183 e. The number of rotatable bonds is 15. The van der Waals surface area contributed by atoms with E-state index in [-0.39, 0.29) is 0 Å². The van der Waals surface area contributed by atoms with Crippen LogP contribution in [0.2, 0.25) is 0 Å². The fourth-order valence-electron chi connectivity index (χ4n) is 4.51. The predicted molar refractivity (Wildman–Crippen MR) is 178 cm³/mol. The fraction of sp³-hybridized carbons (Fsp3) is 0.364. The van der Waals surface area contributed by atoms with E-state index in [0.29, 0.717) is 33.0 Å². The van der Waals surface area contributed by atoms with Crippen LogP contribution in [0.5, 0.6) is 0 Å². The lowest BCUT2D eigenvalue weighted by atomic mass is 10.2. The summed E-state index contributed by atoms with van der Waals surface area (Å²) in [7, 11) is -3.69. The van der Waals surface area contributed by atoms with E-state index < -0.39 is 7.14 Å². The number of hydrogen-bond acceptors (Lipinski definition) is 4. The largest absolute Gasteiger partial charge is 0.308 e. The standard InChI is InChI=1S/C33H45N6OP/c1-7-13-19-25-31(26(35-34-25)20-14-8-2)41(40,32-27(21-15-9-3)36-37-28(32)22-16-10-4)33-29(23-17-11-5)38-39-30(33)24-18-12-6/h13-24H,7-12H2,1-6H3,(H,34,35)(H,36,37)(H,38,39). The molecule has 0 aromatic carbocycles. The highest BCUT2D eigenvalue weighted by molar-refractivity contribution is 7.86. The SMILES string of the molecule is CCC=Cc1n[nH]c(C=CCC)c1P(=O)(c1c(C=CCC)n[nH]c1C=CCC)c1c(C=CCC)n[nH]c1C=CCC. The lowest BCUT2D eigenvalue weighted by molar-refractivity contribution is 0.592. The molecule has 3 rings (SSSR count). The minimum atomic E-state index is -3.69. The lowest BCUT2D eigenvalue weighted by Gasteiger charge is -2.21. The van der Waals surface area contributed by atoms with Crippen LogP contribution in [0.15, 0.2) is 36.5 Å². The zero-order chi connectivity index (χ0) is 29.7. The third-order valence-corrected chi connectivity index (χ3v) is 9.72. The molecule has 0 saturated heterocycles. The van der Waals surface area contributed by atoms with E-state index in [2.05, 4.69) is 75.1 Å². The van der Waals surface area contributed by atoms with Crippen LogP contribution in [-0.2, 0) is 4.57 Å². The van der Waals surface area contributed by atoms with Gasteiger partial charge in [0.25, 0.3) is 0 Å². The average molecular weight is 573 g/mol. The second-order valence-electron chi connectivity index (χ2n) is 9.59. The molecule has 0 unspecified atom stereocenters. The Morgan fingerprint density at radius 3 is 0.951 bits per heavy atom. The van der Waals surface area contributed by atoms with Crippen molar-refractivity contribution in [2.24, 2.45) is 0 Å². The van der Waals surface area contributed by atoms with Crippen LogP contribution in [-0.4, -0.2) is 30.6 Å². The van der Waals surface area contributed by atoms with Gasteiger partial charge < -0.3 is 4.57 Å². The van der Waals surface area contributed by atoms with E-state index in [1.165, 1.54) is 0 Å². The Hall–Kier alpha value is -3.70. The number of nitrogens with one attached hydrogen (secondary N) is 3. The van der Waals surface area contributed by atoms with Gasteiger partial charge >= 0.3 is 0 Å². The first-order valence-electron chi connectivity index (χ1n) is 14.9. The molecule has 0 aliphatic heterocycles. The Morgan fingerprint density at radius 2 is 0.707 bits per heavy atom. The number of allylic oxidation sites excluding steroid dienone is 6. The first-order valence-corrected chi connectivity index (χ1v) is 16.6. The van der Waals surface area contributed by atoms with Gasteiger partial charge in [-0.15, -0.1) is 0 Å². The van der Waals surface area contributed by atoms with Gasteiger partial charge in [0.05, 0.1) is 50.1 Å². The summed E-state index contributed by atoms with van der Waals surface area (Å²) >= 11 is 0. The molecule has 0 saturated carbocycles. The number of H-pyrrole nitrogens is 3. The van der Waals surface area contributed by atoms with Crippen LogP contribution in [0, 0.1) is 0 Å². The van der Waals surface area contributed by atoms with Crippen LogP contribution in [0.25, 0.3) is 36.5 Å². The monoisotopic (exact) mass is 572 g/mol. The molecule has 0 fully saturated rings. The summed E-state index contributed by atoms with van der Waals surface area (Å²) in [4.78, 5) is 0. The van der Waals surface area contributed by atoms with E-state index in [4.69, 9.17) is 15.3 Å². The highest BCUT2D eigenvalue weighted by atomic mass is 31.2. The summed E-state index contributed by atoms with van der Waals surface area (Å²) in [5, 5.41) is 25.7. The van der Waals surface area contributed by atoms with Gasteiger partial charge in [-0.1, -0.05) is 78.0 Å². The molecule has 0 radical (unpaired) electrons. The molecule has 0 amide bonds. The quantitative estimate of drug-likeness (QED) is 0.160. The third-order valence-electron chi connectivity index (χ3n) is 6.42. The van der Waals surface area contributed by atoms with Gasteiger partial charge in [0.1, 0.15) is 0 Å². The van der Waals surface area contributed by atoms with Crippen molar-refractivity contribution in [1.29, 1.82) is 0 Å². The number of aromatic nitrogens is 6. The molecule has 3 heterocycles. The van der Waals surface area contributed by atoms with Gasteiger partial charge in [0.15, 0.2) is 7.14 Å². The summed E-state index contributed by atoms with van der Waals surface area (Å²) in [6.07, 6.45) is 29.2. The maximum absolute atomic E-state index is 16.5. The van der Waals surface area contributed by atoms with Gasteiger partial charge in [-0.25, -0.2) is 0 Å². The van der Waals surface area contributed by atoms with Crippen molar-refractivity contribution in [1.82, 2.24) is 30.6 Å². The van der Waals surface area contributed by atoms with Crippen molar-refractivity contribution in [3.63, 3.8) is 0 Å². The molecule has 0 spiro atoms. The predicted octanol–water partition coefficient (Wildman–Crippen LogP) is 8.03. The van der Waals surface area contributed by atoms with E-state index in [9.17, 15) is 0 Å². The van der Waals surface area contributed by atoms with Crippen LogP contribution in [0.1, 0.15) is 114 Å². The molecule has 7 nitrogen and oxygen atoms in total. The zero-order valence-corrected chi connectivity index (χ0v) is 26.3. The molecular formula is C33H45N6OP. The molecular weight excluding hydrogens is 527 g/mol. The van der Waals surface area contributed by atoms with Crippen LogP contribution < -0.4 is 15.9 Å². The van der Waals surface area contributed by atoms with Crippen molar-refractivity contribution in [3.05, 3.63) is 70.6 Å². The van der Waals surface area contributed by atoms with Gasteiger partial charge in [-0.3, -0.25) is 15.3 Å². The molecule has 41 heavy (non-hydrogen) atoms. The molecule has 0 aliphatic carbocycles. The average Bonchev–Trinajstić information content (AvgIpc) is 3.71. The van der Waals surface area contributed by atoms with E-state index in [1.807, 2.05) is 54.7 Å². The Bertz CT molecular complexity index is 1220. The van der Waals surface area contributed by atoms with E-state index >= 15 is 4.57 Å². The normalized spacial score (nSPS) is 14.4. The molecule has 3 aromatic rings. The summed E-state index contributed by atoms with van der Waals surface area (Å²) in [5.41, 5.74) is 4.13. The number of hydrogen-bond donors (Lipinski definition) is 3. The van der Waals surface area contributed by atoms with Gasteiger partial charge in [0.2, 0.25) is 0 Å². The second-order valence-corrected chi connectivity index (χ2v) is 12.1. The summed E-state index contributed by atoms with van der Waals surface area (Å²) in [5.74, 6) is 0. The first-order chi connectivity index (χ1) is 20.0. The summed E-state index contributed by atoms with van der Waals surface area (Å²) in [6.45, 7) is 12.5. The van der Waals surface area contributed by atoms with Crippen molar-refractivity contribution in [2.45, 2.75) is 80.1 Å². The van der Waals surface area contributed by atoms with Crippen LogP contribution >= 0.6 is 7.14 Å². The zero-order valence-electron chi connectivity index (χ0n) is 25.4. The Balaban J connectivity index is 2.64. The van der Waals surface area contributed by atoms with E-state index in [0.717, 1.165) is 55.6 Å². The Morgan fingerprint density at radius 1 is 0.463 bits per heavy atom. The molecule has 3 N–H and O–H groups in total. The van der Waals surface area contributed by atoms with Gasteiger partial charge in [-0.2, -0.15) is 15.3 Å². The Labute approximate surface area is 245 Å². The molecule has 8 heteroatoms. The van der Waals surface area contributed by atoms with E-state index in [1.54, 1.807) is 0 Å². The Kier molecular flexibility index (Phi) is 12.4. The maximum atomic E-state index is 16.5. The molecule has 3 aromatic heterocycles.